The predicted molar refractivity (Wildman–Crippen MR) is 122 cm³/mol. The summed E-state index contributed by atoms with van der Waals surface area (Å²) in [6, 6.07) is 10.7. The van der Waals surface area contributed by atoms with Gasteiger partial charge in [0.2, 0.25) is 0 Å². The van der Waals surface area contributed by atoms with Gasteiger partial charge in [-0.2, -0.15) is 0 Å². The molecule has 4 rings (SSSR count). The summed E-state index contributed by atoms with van der Waals surface area (Å²) in [6.07, 6.45) is 0.898. The van der Waals surface area contributed by atoms with E-state index in [0.717, 1.165) is 4.88 Å². The lowest BCUT2D eigenvalue weighted by atomic mass is 10.1. The van der Waals surface area contributed by atoms with E-state index in [-0.39, 0.29) is 54.4 Å². The van der Waals surface area contributed by atoms with Crippen molar-refractivity contribution in [3.63, 3.8) is 0 Å². The number of fused-ring (bicyclic) bond motifs is 1. The molecular formula is C24H23FN2O5S. The van der Waals surface area contributed by atoms with Crippen molar-refractivity contribution in [3.05, 3.63) is 85.7 Å². The average molecular weight is 471 g/mol. The molecule has 9 heteroatoms. The standard InChI is InChI=1S/C24H23FN2O5S/c1-31-24(30)22-19-7-9-26(23(29)16-4-2-5-17(25)14-16)10-11-27(19)21(28)15-20(22)32-12-8-18-6-3-13-33-18/h2-6,13-15H,7-12H2,1H3. The van der Waals surface area contributed by atoms with E-state index in [0.29, 0.717) is 18.7 Å². The zero-order valence-electron chi connectivity index (χ0n) is 18.1. The van der Waals surface area contributed by atoms with Crippen molar-refractivity contribution in [2.24, 2.45) is 0 Å². The first-order chi connectivity index (χ1) is 16.0. The number of pyridine rings is 1. The Morgan fingerprint density at radius 2 is 1.97 bits per heavy atom. The van der Waals surface area contributed by atoms with Gasteiger partial charge >= 0.3 is 5.97 Å². The number of rotatable bonds is 6. The molecule has 172 valence electrons. The number of hydrogen-bond acceptors (Lipinski definition) is 6. The van der Waals surface area contributed by atoms with Crippen LogP contribution in [0.5, 0.6) is 5.75 Å². The monoisotopic (exact) mass is 470 g/mol. The number of methoxy groups -OCH3 is 1. The first-order valence-electron chi connectivity index (χ1n) is 10.5. The zero-order chi connectivity index (χ0) is 23.4. The molecule has 3 aromatic rings. The molecular weight excluding hydrogens is 447 g/mol. The van der Waals surface area contributed by atoms with E-state index in [1.54, 1.807) is 22.3 Å². The fourth-order valence-electron chi connectivity index (χ4n) is 3.91. The first kappa shape index (κ1) is 22.7. The minimum absolute atomic E-state index is 0.180. The number of esters is 1. The quantitative estimate of drug-likeness (QED) is 0.518. The minimum atomic E-state index is -0.602. The van der Waals surface area contributed by atoms with Crippen LogP contribution in [0.15, 0.2) is 52.6 Å². The molecule has 0 N–H and O–H groups in total. The molecule has 0 saturated carbocycles. The smallest absolute Gasteiger partial charge is 0.343 e. The second kappa shape index (κ2) is 9.99. The van der Waals surface area contributed by atoms with Crippen LogP contribution in [0.25, 0.3) is 0 Å². The van der Waals surface area contributed by atoms with Crippen molar-refractivity contribution in [1.29, 1.82) is 0 Å². The highest BCUT2D eigenvalue weighted by Crippen LogP contribution is 2.25. The fraction of sp³-hybridized carbons (Fsp3) is 0.292. The maximum atomic E-state index is 13.6. The number of ether oxygens (including phenoxy) is 2. The normalized spacial score (nSPS) is 13.2. The van der Waals surface area contributed by atoms with E-state index in [1.165, 1.54) is 35.9 Å². The highest BCUT2D eigenvalue weighted by molar-refractivity contribution is 7.09. The van der Waals surface area contributed by atoms with E-state index in [4.69, 9.17) is 9.47 Å². The Morgan fingerprint density at radius 1 is 1.12 bits per heavy atom. The third-order valence-corrected chi connectivity index (χ3v) is 6.46. The highest BCUT2D eigenvalue weighted by Gasteiger charge is 2.27. The number of nitrogens with zero attached hydrogens (tertiary/aromatic N) is 2. The topological polar surface area (TPSA) is 77.8 Å². The van der Waals surface area contributed by atoms with Crippen LogP contribution in [0.3, 0.4) is 0 Å². The van der Waals surface area contributed by atoms with Crippen molar-refractivity contribution in [1.82, 2.24) is 9.47 Å². The third-order valence-electron chi connectivity index (χ3n) is 5.53. The number of carbonyl (C=O) groups excluding carboxylic acids is 2. The maximum absolute atomic E-state index is 13.6. The summed E-state index contributed by atoms with van der Waals surface area (Å²) in [4.78, 5) is 41.1. The van der Waals surface area contributed by atoms with Crippen molar-refractivity contribution in [3.8, 4) is 5.75 Å². The van der Waals surface area contributed by atoms with Crippen molar-refractivity contribution < 1.29 is 23.5 Å². The van der Waals surface area contributed by atoms with Gasteiger partial charge in [-0.1, -0.05) is 12.1 Å². The molecule has 1 amide bonds. The van der Waals surface area contributed by atoms with Crippen LogP contribution in [-0.2, 0) is 24.1 Å². The molecule has 7 nitrogen and oxygen atoms in total. The molecule has 0 fully saturated rings. The van der Waals surface area contributed by atoms with Crippen molar-refractivity contribution in [2.45, 2.75) is 19.4 Å². The summed E-state index contributed by atoms with van der Waals surface area (Å²) >= 11 is 1.61. The lowest BCUT2D eigenvalue weighted by Gasteiger charge is -2.20. The third kappa shape index (κ3) is 4.98. The van der Waals surface area contributed by atoms with E-state index < -0.39 is 11.8 Å². The van der Waals surface area contributed by atoms with Crippen LogP contribution < -0.4 is 10.3 Å². The van der Waals surface area contributed by atoms with Gasteiger partial charge in [-0.3, -0.25) is 9.59 Å². The second-order valence-electron chi connectivity index (χ2n) is 7.54. The van der Waals surface area contributed by atoms with Crippen molar-refractivity contribution >= 4 is 23.2 Å². The summed E-state index contributed by atoms with van der Waals surface area (Å²) in [6.45, 7) is 1.02. The van der Waals surface area contributed by atoms with Gasteiger partial charge in [-0.15, -0.1) is 11.3 Å². The van der Waals surface area contributed by atoms with E-state index in [9.17, 15) is 18.8 Å². The number of thiophene rings is 1. The number of benzene rings is 1. The van der Waals surface area contributed by atoms with Gasteiger partial charge in [0.25, 0.3) is 11.5 Å². The zero-order valence-corrected chi connectivity index (χ0v) is 18.9. The molecule has 1 aliphatic heterocycles. The molecule has 3 heterocycles. The Hall–Kier alpha value is -3.46. The maximum Gasteiger partial charge on any atom is 0.343 e. The number of amides is 1. The molecule has 0 bridgehead atoms. The van der Waals surface area contributed by atoms with Crippen LogP contribution in [0, 0.1) is 5.82 Å². The van der Waals surface area contributed by atoms with Gasteiger partial charge < -0.3 is 18.9 Å². The number of carbonyl (C=O) groups is 2. The summed E-state index contributed by atoms with van der Waals surface area (Å²) in [5, 5.41) is 1.97. The van der Waals surface area contributed by atoms with Crippen LogP contribution >= 0.6 is 11.3 Å². The van der Waals surface area contributed by atoms with Gasteiger partial charge in [0.1, 0.15) is 17.1 Å². The Morgan fingerprint density at radius 3 is 2.70 bits per heavy atom. The van der Waals surface area contributed by atoms with E-state index in [1.807, 2.05) is 17.5 Å². The SMILES string of the molecule is COC(=O)c1c(OCCc2cccs2)cc(=O)n2c1CCN(C(=O)c1cccc(F)c1)CC2. The summed E-state index contributed by atoms with van der Waals surface area (Å²) in [7, 11) is 1.27. The van der Waals surface area contributed by atoms with Gasteiger partial charge in [0, 0.05) is 54.7 Å². The van der Waals surface area contributed by atoms with Crippen LogP contribution in [0.4, 0.5) is 4.39 Å². The molecule has 0 unspecified atom stereocenters. The Kier molecular flexibility index (Phi) is 6.88. The molecule has 1 aromatic carbocycles. The average Bonchev–Trinajstić information content (AvgIpc) is 3.23. The minimum Gasteiger partial charge on any atom is -0.492 e. The van der Waals surface area contributed by atoms with Gasteiger partial charge in [-0.05, 0) is 29.6 Å². The molecule has 0 atom stereocenters. The predicted octanol–water partition coefficient (Wildman–Crippen LogP) is 3.16. The van der Waals surface area contributed by atoms with Gasteiger partial charge in [-0.25, -0.2) is 9.18 Å². The van der Waals surface area contributed by atoms with E-state index in [2.05, 4.69) is 0 Å². The Labute approximate surface area is 194 Å². The van der Waals surface area contributed by atoms with Gasteiger partial charge in [0.15, 0.2) is 0 Å². The number of halogens is 1. The first-order valence-corrected chi connectivity index (χ1v) is 11.4. The van der Waals surface area contributed by atoms with Crippen LogP contribution in [-0.4, -0.2) is 48.1 Å². The Bertz CT molecular complexity index is 1220. The van der Waals surface area contributed by atoms with E-state index >= 15 is 0 Å². The number of hydrogen-bond donors (Lipinski definition) is 0. The molecule has 33 heavy (non-hydrogen) atoms. The Balaban J connectivity index is 1.60. The summed E-state index contributed by atoms with van der Waals surface area (Å²) < 4.78 is 25.9. The van der Waals surface area contributed by atoms with Crippen LogP contribution in [0.2, 0.25) is 0 Å². The molecule has 0 spiro atoms. The molecule has 2 aromatic heterocycles. The summed E-state index contributed by atoms with van der Waals surface area (Å²) in [5.41, 5.74) is 0.585. The van der Waals surface area contributed by atoms with Crippen molar-refractivity contribution in [2.75, 3.05) is 26.8 Å². The molecule has 0 radical (unpaired) electrons. The molecule has 0 saturated heterocycles. The number of aromatic nitrogens is 1. The summed E-state index contributed by atoms with van der Waals surface area (Å²) in [5.74, 6) is -1.25. The molecule has 0 aliphatic carbocycles. The highest BCUT2D eigenvalue weighted by atomic mass is 32.1. The fourth-order valence-corrected chi connectivity index (χ4v) is 4.60. The second-order valence-corrected chi connectivity index (χ2v) is 8.57. The van der Waals surface area contributed by atoms with Gasteiger partial charge in [0.05, 0.1) is 13.7 Å². The molecule has 1 aliphatic rings. The largest absolute Gasteiger partial charge is 0.492 e. The van der Waals surface area contributed by atoms with Crippen LogP contribution in [0.1, 0.15) is 31.3 Å². The lowest BCUT2D eigenvalue weighted by molar-refractivity contribution is 0.0593. The lowest BCUT2D eigenvalue weighted by Crippen LogP contribution is -2.34.